The highest BCUT2D eigenvalue weighted by molar-refractivity contribution is 5.55. The fraction of sp³-hybridized carbons (Fsp3) is 0.263. The van der Waals surface area contributed by atoms with Crippen LogP contribution in [0.25, 0.3) is 17.1 Å². The molecule has 5 nitrogen and oxygen atoms in total. The van der Waals surface area contributed by atoms with Gasteiger partial charge in [0.2, 0.25) is 0 Å². The van der Waals surface area contributed by atoms with Crippen LogP contribution in [0.3, 0.4) is 0 Å². The van der Waals surface area contributed by atoms with Crippen molar-refractivity contribution < 1.29 is 17.9 Å². The van der Waals surface area contributed by atoms with Crippen LogP contribution in [0.4, 0.5) is 13.2 Å². The average Bonchev–Trinajstić information content (AvgIpc) is 3.11. The van der Waals surface area contributed by atoms with Crippen LogP contribution in [-0.2, 0) is 6.42 Å². The number of rotatable bonds is 6. The second-order valence-electron chi connectivity index (χ2n) is 6.12. The highest BCUT2D eigenvalue weighted by atomic mass is 19.4. The molecule has 0 fully saturated rings. The zero-order valence-electron chi connectivity index (χ0n) is 14.6. The van der Waals surface area contributed by atoms with E-state index in [0.717, 1.165) is 24.0 Å². The second kappa shape index (κ2) is 7.79. The highest BCUT2D eigenvalue weighted by Crippen LogP contribution is 2.24. The standard InChI is InChI=1S/C19H19F3N4O/c1-2-15(23)11-13-3-5-14(6-4-13)18-24-12-26(25-18)16-7-9-17(10-8-16)27-19(20,21)22/h3-10,12,15H,2,11,23H2,1H3. The van der Waals surface area contributed by atoms with Crippen LogP contribution in [0.5, 0.6) is 5.75 Å². The van der Waals surface area contributed by atoms with Gasteiger partial charge in [-0.05, 0) is 42.7 Å². The summed E-state index contributed by atoms with van der Waals surface area (Å²) in [7, 11) is 0. The van der Waals surface area contributed by atoms with Crippen molar-refractivity contribution in [1.82, 2.24) is 14.8 Å². The first-order valence-electron chi connectivity index (χ1n) is 8.47. The van der Waals surface area contributed by atoms with Crippen molar-refractivity contribution >= 4 is 0 Å². The molecule has 8 heteroatoms. The molecule has 2 aromatic carbocycles. The summed E-state index contributed by atoms with van der Waals surface area (Å²) < 4.78 is 42.0. The molecule has 0 aliphatic rings. The van der Waals surface area contributed by atoms with Crippen molar-refractivity contribution in [1.29, 1.82) is 0 Å². The molecule has 0 bridgehead atoms. The van der Waals surface area contributed by atoms with Crippen LogP contribution in [0, 0.1) is 0 Å². The van der Waals surface area contributed by atoms with Gasteiger partial charge in [-0.15, -0.1) is 18.3 Å². The molecule has 3 aromatic rings. The van der Waals surface area contributed by atoms with Crippen molar-refractivity contribution in [3.05, 3.63) is 60.4 Å². The van der Waals surface area contributed by atoms with Gasteiger partial charge in [0.15, 0.2) is 5.82 Å². The summed E-state index contributed by atoms with van der Waals surface area (Å²) in [6.07, 6.45) is -1.48. The molecule has 2 N–H and O–H groups in total. The first-order valence-corrected chi connectivity index (χ1v) is 8.47. The summed E-state index contributed by atoms with van der Waals surface area (Å²) >= 11 is 0. The largest absolute Gasteiger partial charge is 0.573 e. The van der Waals surface area contributed by atoms with Gasteiger partial charge in [0.25, 0.3) is 0 Å². The fourth-order valence-corrected chi connectivity index (χ4v) is 2.56. The quantitative estimate of drug-likeness (QED) is 0.703. The van der Waals surface area contributed by atoms with Gasteiger partial charge in [-0.3, -0.25) is 0 Å². The van der Waals surface area contributed by atoms with Crippen LogP contribution in [0.1, 0.15) is 18.9 Å². The summed E-state index contributed by atoms with van der Waals surface area (Å²) in [6, 6.07) is 13.4. The van der Waals surface area contributed by atoms with E-state index < -0.39 is 6.36 Å². The average molecular weight is 376 g/mol. The van der Waals surface area contributed by atoms with Gasteiger partial charge in [-0.25, -0.2) is 9.67 Å². The van der Waals surface area contributed by atoms with Gasteiger partial charge in [0.05, 0.1) is 5.69 Å². The first-order chi connectivity index (χ1) is 12.8. The third-order valence-electron chi connectivity index (χ3n) is 4.06. The molecule has 1 unspecified atom stereocenters. The van der Waals surface area contributed by atoms with E-state index in [2.05, 4.69) is 21.7 Å². The maximum atomic E-state index is 12.2. The summed E-state index contributed by atoms with van der Waals surface area (Å²) in [6.45, 7) is 2.05. The van der Waals surface area contributed by atoms with E-state index in [1.54, 1.807) is 0 Å². The molecule has 0 radical (unpaired) electrons. The Balaban J connectivity index is 1.73. The Morgan fingerprint density at radius 1 is 1.07 bits per heavy atom. The minimum absolute atomic E-state index is 0.137. The van der Waals surface area contributed by atoms with Gasteiger partial charge in [0, 0.05) is 11.6 Å². The van der Waals surface area contributed by atoms with E-state index >= 15 is 0 Å². The lowest BCUT2D eigenvalue weighted by Crippen LogP contribution is -2.21. The second-order valence-corrected chi connectivity index (χ2v) is 6.12. The van der Waals surface area contributed by atoms with Crippen LogP contribution in [-0.4, -0.2) is 27.2 Å². The van der Waals surface area contributed by atoms with Crippen molar-refractivity contribution in [2.24, 2.45) is 5.73 Å². The van der Waals surface area contributed by atoms with Crippen molar-refractivity contribution in [2.75, 3.05) is 0 Å². The lowest BCUT2D eigenvalue weighted by atomic mass is 10.0. The van der Waals surface area contributed by atoms with Gasteiger partial charge in [-0.1, -0.05) is 31.2 Å². The smallest absolute Gasteiger partial charge is 0.406 e. The molecule has 0 spiro atoms. The lowest BCUT2D eigenvalue weighted by molar-refractivity contribution is -0.274. The summed E-state index contributed by atoms with van der Waals surface area (Å²) in [4.78, 5) is 4.27. The van der Waals surface area contributed by atoms with Crippen molar-refractivity contribution in [3.8, 4) is 22.8 Å². The first kappa shape index (κ1) is 18.9. The summed E-state index contributed by atoms with van der Waals surface area (Å²) in [5.74, 6) is 0.240. The van der Waals surface area contributed by atoms with E-state index in [1.807, 2.05) is 24.3 Å². The SMILES string of the molecule is CCC(N)Cc1ccc(-c2ncn(-c3ccc(OC(F)(F)F)cc3)n2)cc1. The Morgan fingerprint density at radius 3 is 2.33 bits per heavy atom. The van der Waals surface area contributed by atoms with E-state index in [-0.39, 0.29) is 11.8 Å². The van der Waals surface area contributed by atoms with Crippen LogP contribution in [0.15, 0.2) is 54.9 Å². The minimum atomic E-state index is -4.71. The lowest BCUT2D eigenvalue weighted by Gasteiger charge is -2.09. The molecule has 1 atom stereocenters. The molecule has 0 aliphatic heterocycles. The fourth-order valence-electron chi connectivity index (χ4n) is 2.56. The van der Waals surface area contributed by atoms with Crippen LogP contribution in [0.2, 0.25) is 0 Å². The maximum absolute atomic E-state index is 12.2. The van der Waals surface area contributed by atoms with E-state index in [9.17, 15) is 13.2 Å². The Bertz CT molecular complexity index is 873. The molecule has 142 valence electrons. The van der Waals surface area contributed by atoms with Gasteiger partial charge in [-0.2, -0.15) is 0 Å². The zero-order valence-corrected chi connectivity index (χ0v) is 14.6. The third kappa shape index (κ3) is 5.07. The predicted molar refractivity (Wildman–Crippen MR) is 95.4 cm³/mol. The van der Waals surface area contributed by atoms with E-state index in [0.29, 0.717) is 11.5 Å². The number of halogens is 3. The number of ether oxygens (including phenoxy) is 1. The molecule has 1 aromatic heterocycles. The molecule has 0 aliphatic carbocycles. The maximum Gasteiger partial charge on any atom is 0.573 e. The molecular weight excluding hydrogens is 357 g/mol. The predicted octanol–water partition coefficient (Wildman–Crippen LogP) is 4.11. The molecule has 1 heterocycles. The Kier molecular flexibility index (Phi) is 5.46. The topological polar surface area (TPSA) is 66.0 Å². The van der Waals surface area contributed by atoms with Crippen molar-refractivity contribution in [2.45, 2.75) is 32.2 Å². The van der Waals surface area contributed by atoms with Gasteiger partial charge in [0.1, 0.15) is 12.1 Å². The van der Waals surface area contributed by atoms with Gasteiger partial charge < -0.3 is 10.5 Å². The van der Waals surface area contributed by atoms with Crippen LogP contribution < -0.4 is 10.5 Å². The molecule has 27 heavy (non-hydrogen) atoms. The number of nitrogens with zero attached hydrogens (tertiary/aromatic N) is 3. The Morgan fingerprint density at radius 2 is 1.74 bits per heavy atom. The molecular formula is C19H19F3N4O. The van der Waals surface area contributed by atoms with Crippen molar-refractivity contribution in [3.63, 3.8) is 0 Å². The third-order valence-corrected chi connectivity index (χ3v) is 4.06. The summed E-state index contributed by atoms with van der Waals surface area (Å²) in [5, 5.41) is 4.38. The number of aromatic nitrogens is 3. The van der Waals surface area contributed by atoms with E-state index in [4.69, 9.17) is 5.73 Å². The molecule has 3 rings (SSSR count). The molecule has 0 amide bonds. The summed E-state index contributed by atoms with van der Waals surface area (Å²) in [5.41, 5.74) is 8.54. The monoisotopic (exact) mass is 376 g/mol. The normalized spacial score (nSPS) is 12.8. The molecule has 0 saturated heterocycles. The van der Waals surface area contributed by atoms with Gasteiger partial charge >= 0.3 is 6.36 Å². The number of hydrogen-bond donors (Lipinski definition) is 1. The Hall–Kier alpha value is -2.87. The number of benzene rings is 2. The molecule has 0 saturated carbocycles. The minimum Gasteiger partial charge on any atom is -0.406 e. The zero-order chi connectivity index (χ0) is 19.4. The Labute approximate surface area is 154 Å². The highest BCUT2D eigenvalue weighted by Gasteiger charge is 2.30. The van der Waals surface area contributed by atoms with Crippen LogP contribution >= 0.6 is 0 Å². The number of alkyl halides is 3. The number of hydrogen-bond acceptors (Lipinski definition) is 4. The van der Waals surface area contributed by atoms with E-state index in [1.165, 1.54) is 35.3 Å². The number of nitrogens with two attached hydrogens (primary N) is 1.